The van der Waals surface area contributed by atoms with E-state index in [1.54, 1.807) is 18.3 Å². The molecule has 1 N–H and O–H groups in total. The van der Waals surface area contributed by atoms with Crippen LogP contribution < -0.4 is 5.32 Å². The van der Waals surface area contributed by atoms with Crippen LogP contribution in [-0.2, 0) is 4.79 Å². The van der Waals surface area contributed by atoms with Gasteiger partial charge >= 0.3 is 0 Å². The number of carbonyl (C=O) groups excluding carboxylic acids is 1. The number of benzene rings is 1. The van der Waals surface area contributed by atoms with E-state index in [9.17, 15) is 4.79 Å². The number of hydrogen-bond acceptors (Lipinski definition) is 3. The molecule has 0 bridgehead atoms. The quantitative estimate of drug-likeness (QED) is 0.688. The SMILES string of the molecule is O=C(CSc1ccccc1)Nc1ccnc(Cl)c1. The monoisotopic (exact) mass is 278 g/mol. The van der Waals surface area contributed by atoms with Gasteiger partial charge in [-0.3, -0.25) is 4.79 Å². The lowest BCUT2D eigenvalue weighted by atomic mass is 10.4. The van der Waals surface area contributed by atoms with E-state index in [0.717, 1.165) is 4.90 Å². The Morgan fingerprint density at radius 1 is 1.28 bits per heavy atom. The van der Waals surface area contributed by atoms with Crippen LogP contribution in [0.5, 0.6) is 0 Å². The predicted octanol–water partition coefficient (Wildman–Crippen LogP) is 3.47. The van der Waals surface area contributed by atoms with Crippen LogP contribution in [0.1, 0.15) is 0 Å². The second kappa shape index (κ2) is 6.42. The highest BCUT2D eigenvalue weighted by Gasteiger charge is 2.04. The molecule has 1 amide bonds. The van der Waals surface area contributed by atoms with Gasteiger partial charge < -0.3 is 5.32 Å². The van der Waals surface area contributed by atoms with Crippen molar-refractivity contribution in [1.82, 2.24) is 4.98 Å². The van der Waals surface area contributed by atoms with E-state index in [-0.39, 0.29) is 5.91 Å². The molecule has 0 saturated heterocycles. The van der Waals surface area contributed by atoms with Gasteiger partial charge in [-0.25, -0.2) is 4.98 Å². The van der Waals surface area contributed by atoms with Crippen molar-refractivity contribution in [3.63, 3.8) is 0 Å². The van der Waals surface area contributed by atoms with Gasteiger partial charge in [0.2, 0.25) is 5.91 Å². The number of amides is 1. The number of nitrogens with zero attached hydrogens (tertiary/aromatic N) is 1. The van der Waals surface area contributed by atoms with Crippen molar-refractivity contribution in [2.24, 2.45) is 0 Å². The van der Waals surface area contributed by atoms with Crippen molar-refractivity contribution < 1.29 is 4.79 Å². The topological polar surface area (TPSA) is 42.0 Å². The minimum atomic E-state index is -0.0638. The number of thioether (sulfide) groups is 1. The Hall–Kier alpha value is -1.52. The third kappa shape index (κ3) is 4.05. The van der Waals surface area contributed by atoms with Crippen molar-refractivity contribution in [1.29, 1.82) is 0 Å². The maximum Gasteiger partial charge on any atom is 0.234 e. The first-order valence-electron chi connectivity index (χ1n) is 5.33. The first-order valence-corrected chi connectivity index (χ1v) is 6.69. The molecule has 92 valence electrons. The van der Waals surface area contributed by atoms with E-state index < -0.39 is 0 Å². The zero-order chi connectivity index (χ0) is 12.8. The molecule has 5 heteroatoms. The largest absolute Gasteiger partial charge is 0.325 e. The minimum absolute atomic E-state index is 0.0638. The molecule has 1 heterocycles. The second-order valence-corrected chi connectivity index (χ2v) is 4.95. The molecule has 1 aromatic heterocycles. The standard InChI is InChI=1S/C13H11ClN2OS/c14-12-8-10(6-7-15-12)16-13(17)9-18-11-4-2-1-3-5-11/h1-8H,9H2,(H,15,16,17). The lowest BCUT2D eigenvalue weighted by Gasteiger charge is -2.05. The average Bonchev–Trinajstić information content (AvgIpc) is 2.38. The number of aromatic nitrogens is 1. The van der Waals surface area contributed by atoms with Crippen LogP contribution in [0, 0.1) is 0 Å². The molecule has 2 rings (SSSR count). The van der Waals surface area contributed by atoms with E-state index in [0.29, 0.717) is 16.6 Å². The van der Waals surface area contributed by atoms with Gasteiger partial charge in [-0.05, 0) is 24.3 Å². The molecule has 2 aromatic rings. The Kier molecular flexibility index (Phi) is 4.61. The van der Waals surface area contributed by atoms with Gasteiger partial charge in [-0.1, -0.05) is 29.8 Å². The molecule has 1 aromatic carbocycles. The summed E-state index contributed by atoms with van der Waals surface area (Å²) in [5.74, 6) is 0.301. The third-order valence-electron chi connectivity index (χ3n) is 2.12. The van der Waals surface area contributed by atoms with Gasteiger partial charge in [0.1, 0.15) is 5.15 Å². The van der Waals surface area contributed by atoms with Crippen molar-refractivity contribution >= 4 is 35.0 Å². The van der Waals surface area contributed by atoms with Gasteiger partial charge in [0, 0.05) is 16.8 Å². The fourth-order valence-corrected chi connectivity index (χ4v) is 2.24. The molecule has 0 aliphatic heterocycles. The first kappa shape index (κ1) is 12.9. The van der Waals surface area contributed by atoms with E-state index >= 15 is 0 Å². The molecule has 18 heavy (non-hydrogen) atoms. The number of hydrogen-bond donors (Lipinski definition) is 1. The van der Waals surface area contributed by atoms with E-state index in [4.69, 9.17) is 11.6 Å². The Morgan fingerprint density at radius 2 is 2.06 bits per heavy atom. The van der Waals surface area contributed by atoms with Gasteiger partial charge in [-0.2, -0.15) is 0 Å². The van der Waals surface area contributed by atoms with Crippen molar-refractivity contribution in [2.75, 3.05) is 11.1 Å². The Balaban J connectivity index is 1.86. The molecule has 0 radical (unpaired) electrons. The van der Waals surface area contributed by atoms with E-state index in [2.05, 4.69) is 10.3 Å². The molecule has 0 spiro atoms. The molecule has 0 atom stereocenters. The molecular weight excluding hydrogens is 268 g/mol. The number of pyridine rings is 1. The van der Waals surface area contributed by atoms with Crippen LogP contribution in [0.2, 0.25) is 5.15 Å². The fraction of sp³-hybridized carbons (Fsp3) is 0.0769. The second-order valence-electron chi connectivity index (χ2n) is 3.52. The number of halogens is 1. The van der Waals surface area contributed by atoms with Crippen LogP contribution in [0.4, 0.5) is 5.69 Å². The predicted molar refractivity (Wildman–Crippen MR) is 75.0 cm³/mol. The maximum absolute atomic E-state index is 11.7. The summed E-state index contributed by atoms with van der Waals surface area (Å²) in [6.07, 6.45) is 1.56. The lowest BCUT2D eigenvalue weighted by molar-refractivity contribution is -0.113. The summed E-state index contributed by atoms with van der Waals surface area (Å²) in [4.78, 5) is 16.6. The Bertz CT molecular complexity index is 534. The Morgan fingerprint density at radius 3 is 2.78 bits per heavy atom. The highest BCUT2D eigenvalue weighted by atomic mass is 35.5. The summed E-state index contributed by atoms with van der Waals surface area (Å²) in [5, 5.41) is 3.13. The number of anilines is 1. The summed E-state index contributed by atoms with van der Waals surface area (Å²) in [7, 11) is 0. The van der Waals surface area contributed by atoms with Crippen molar-refractivity contribution in [2.45, 2.75) is 4.90 Å². The van der Waals surface area contributed by atoms with Crippen LogP contribution in [-0.4, -0.2) is 16.6 Å². The summed E-state index contributed by atoms with van der Waals surface area (Å²) < 4.78 is 0. The molecule has 0 unspecified atom stereocenters. The summed E-state index contributed by atoms with van der Waals surface area (Å²) in [5.41, 5.74) is 0.661. The fourth-order valence-electron chi connectivity index (χ4n) is 1.34. The van der Waals surface area contributed by atoms with Gasteiger partial charge in [0.25, 0.3) is 0 Å². The molecule has 0 aliphatic carbocycles. The van der Waals surface area contributed by atoms with E-state index in [1.807, 2.05) is 30.3 Å². The highest BCUT2D eigenvalue weighted by molar-refractivity contribution is 8.00. The summed E-state index contributed by atoms with van der Waals surface area (Å²) in [6, 6.07) is 13.1. The molecule has 0 fully saturated rings. The van der Waals surface area contributed by atoms with Crippen LogP contribution in [0.25, 0.3) is 0 Å². The number of carbonyl (C=O) groups is 1. The molecule has 3 nitrogen and oxygen atoms in total. The van der Waals surface area contributed by atoms with Crippen LogP contribution in [0.15, 0.2) is 53.6 Å². The summed E-state index contributed by atoms with van der Waals surface area (Å²) >= 11 is 7.22. The smallest absolute Gasteiger partial charge is 0.234 e. The van der Waals surface area contributed by atoms with Gasteiger partial charge in [0.05, 0.1) is 5.75 Å². The van der Waals surface area contributed by atoms with E-state index in [1.165, 1.54) is 11.8 Å². The Labute approximate surface area is 115 Å². The zero-order valence-electron chi connectivity index (χ0n) is 9.47. The van der Waals surface area contributed by atoms with Crippen molar-refractivity contribution in [3.8, 4) is 0 Å². The third-order valence-corrected chi connectivity index (χ3v) is 3.34. The first-order chi connectivity index (χ1) is 8.74. The van der Waals surface area contributed by atoms with Crippen LogP contribution in [0.3, 0.4) is 0 Å². The van der Waals surface area contributed by atoms with Gasteiger partial charge in [0.15, 0.2) is 0 Å². The maximum atomic E-state index is 11.7. The molecule has 0 saturated carbocycles. The lowest BCUT2D eigenvalue weighted by Crippen LogP contribution is -2.13. The van der Waals surface area contributed by atoms with Crippen LogP contribution >= 0.6 is 23.4 Å². The average molecular weight is 279 g/mol. The number of nitrogens with one attached hydrogen (secondary N) is 1. The van der Waals surface area contributed by atoms with Crippen molar-refractivity contribution in [3.05, 3.63) is 53.8 Å². The highest BCUT2D eigenvalue weighted by Crippen LogP contribution is 2.18. The number of rotatable bonds is 4. The summed E-state index contributed by atoms with van der Waals surface area (Å²) in [6.45, 7) is 0. The minimum Gasteiger partial charge on any atom is -0.325 e. The molecule has 0 aliphatic rings. The van der Waals surface area contributed by atoms with Gasteiger partial charge in [-0.15, -0.1) is 11.8 Å². The zero-order valence-corrected chi connectivity index (χ0v) is 11.0. The normalized spacial score (nSPS) is 10.1. The molecular formula is C13H11ClN2OS.